The molecule has 19 heavy (non-hydrogen) atoms. The Labute approximate surface area is 119 Å². The van der Waals surface area contributed by atoms with Crippen molar-refractivity contribution >= 4 is 39.2 Å². The standard InChI is InChI=1S/C11H8BrF2N3OS/c12-8-9(15-5-16-10(8)18)17-6-3-1-2-4-7(6)19-11(13)14/h1-5,11H,(H2,15,16,17,18). The van der Waals surface area contributed by atoms with Gasteiger partial charge in [0.15, 0.2) is 5.82 Å². The molecule has 8 heteroatoms. The number of H-pyrrole nitrogens is 1. The zero-order valence-electron chi connectivity index (χ0n) is 9.36. The van der Waals surface area contributed by atoms with Crippen molar-refractivity contribution in [3.63, 3.8) is 0 Å². The lowest BCUT2D eigenvalue weighted by Gasteiger charge is -2.11. The Morgan fingerprint density at radius 2 is 2.11 bits per heavy atom. The molecule has 0 fully saturated rings. The summed E-state index contributed by atoms with van der Waals surface area (Å²) < 4.78 is 25.1. The van der Waals surface area contributed by atoms with Crippen LogP contribution in [0, 0.1) is 0 Å². The smallest absolute Gasteiger partial charge is 0.288 e. The van der Waals surface area contributed by atoms with E-state index in [2.05, 4.69) is 31.2 Å². The normalized spacial score (nSPS) is 10.7. The zero-order valence-corrected chi connectivity index (χ0v) is 11.8. The van der Waals surface area contributed by atoms with Crippen molar-refractivity contribution in [2.24, 2.45) is 0 Å². The highest BCUT2D eigenvalue weighted by molar-refractivity contribution is 9.10. The van der Waals surface area contributed by atoms with Gasteiger partial charge in [-0.3, -0.25) is 4.79 Å². The van der Waals surface area contributed by atoms with Gasteiger partial charge >= 0.3 is 0 Å². The van der Waals surface area contributed by atoms with E-state index in [-0.39, 0.29) is 15.8 Å². The molecule has 1 aromatic heterocycles. The Morgan fingerprint density at radius 3 is 2.84 bits per heavy atom. The first-order valence-electron chi connectivity index (χ1n) is 5.12. The molecule has 0 amide bonds. The fraction of sp³-hybridized carbons (Fsp3) is 0.0909. The summed E-state index contributed by atoms with van der Waals surface area (Å²) in [6.45, 7) is 0. The van der Waals surface area contributed by atoms with Gasteiger partial charge < -0.3 is 10.3 Å². The van der Waals surface area contributed by atoms with Crippen molar-refractivity contribution in [1.29, 1.82) is 0 Å². The second-order valence-electron chi connectivity index (χ2n) is 3.39. The van der Waals surface area contributed by atoms with Crippen molar-refractivity contribution < 1.29 is 8.78 Å². The van der Waals surface area contributed by atoms with Crippen LogP contribution < -0.4 is 10.9 Å². The Bertz CT molecular complexity index is 635. The van der Waals surface area contributed by atoms with E-state index in [1.165, 1.54) is 6.33 Å². The van der Waals surface area contributed by atoms with Crippen LogP contribution in [0.25, 0.3) is 0 Å². The maximum absolute atomic E-state index is 12.4. The Hall–Kier alpha value is -1.41. The third-order valence-corrected chi connectivity index (χ3v) is 3.68. The van der Waals surface area contributed by atoms with E-state index in [1.54, 1.807) is 24.3 Å². The number of aromatic nitrogens is 2. The second-order valence-corrected chi connectivity index (χ2v) is 5.22. The van der Waals surface area contributed by atoms with Gasteiger partial charge in [-0.1, -0.05) is 23.9 Å². The molecular formula is C11H8BrF2N3OS. The highest BCUT2D eigenvalue weighted by atomic mass is 79.9. The molecule has 2 N–H and O–H groups in total. The van der Waals surface area contributed by atoms with E-state index in [4.69, 9.17) is 0 Å². The molecular weight excluding hydrogens is 340 g/mol. The average molecular weight is 348 g/mol. The molecule has 0 saturated carbocycles. The molecule has 0 saturated heterocycles. The van der Waals surface area contributed by atoms with Gasteiger partial charge in [0, 0.05) is 4.90 Å². The molecule has 0 aliphatic carbocycles. The number of alkyl halides is 2. The summed E-state index contributed by atoms with van der Waals surface area (Å²) in [6.07, 6.45) is 1.23. The zero-order chi connectivity index (χ0) is 13.8. The van der Waals surface area contributed by atoms with Gasteiger partial charge in [0.05, 0.1) is 12.0 Å². The molecule has 1 heterocycles. The number of aromatic amines is 1. The third kappa shape index (κ3) is 3.54. The van der Waals surface area contributed by atoms with Crippen LogP contribution in [-0.2, 0) is 0 Å². The molecule has 100 valence electrons. The number of rotatable bonds is 4. The first-order valence-corrected chi connectivity index (χ1v) is 6.79. The highest BCUT2D eigenvalue weighted by Crippen LogP contribution is 2.33. The first-order chi connectivity index (χ1) is 9.08. The fourth-order valence-corrected chi connectivity index (χ4v) is 2.28. The third-order valence-electron chi connectivity index (χ3n) is 2.15. The number of benzene rings is 1. The lowest BCUT2D eigenvalue weighted by Crippen LogP contribution is -2.10. The van der Waals surface area contributed by atoms with Crippen molar-refractivity contribution in [2.75, 3.05) is 5.32 Å². The predicted octanol–water partition coefficient (Wildman–Crippen LogP) is 3.59. The summed E-state index contributed by atoms with van der Waals surface area (Å²) >= 11 is 3.52. The second kappa shape index (κ2) is 6.16. The number of hydrogen-bond donors (Lipinski definition) is 2. The number of halogens is 3. The summed E-state index contributed by atoms with van der Waals surface area (Å²) in [7, 11) is 0. The summed E-state index contributed by atoms with van der Waals surface area (Å²) in [5, 5.41) is 2.85. The van der Waals surface area contributed by atoms with Crippen molar-refractivity contribution in [1.82, 2.24) is 9.97 Å². The number of para-hydroxylation sites is 1. The van der Waals surface area contributed by atoms with Crippen LogP contribution in [-0.4, -0.2) is 15.7 Å². The topological polar surface area (TPSA) is 57.8 Å². The van der Waals surface area contributed by atoms with Crippen LogP contribution in [0.5, 0.6) is 0 Å². The summed E-state index contributed by atoms with van der Waals surface area (Å²) in [5.41, 5.74) is 0.114. The monoisotopic (exact) mass is 347 g/mol. The minimum Gasteiger partial charge on any atom is -0.338 e. The van der Waals surface area contributed by atoms with Crippen molar-refractivity contribution in [3.8, 4) is 0 Å². The molecule has 0 spiro atoms. The molecule has 4 nitrogen and oxygen atoms in total. The van der Waals surface area contributed by atoms with E-state index in [9.17, 15) is 13.6 Å². The molecule has 0 unspecified atom stereocenters. The molecule has 0 bridgehead atoms. The highest BCUT2D eigenvalue weighted by Gasteiger charge is 2.12. The van der Waals surface area contributed by atoms with E-state index in [0.29, 0.717) is 22.3 Å². The predicted molar refractivity (Wildman–Crippen MR) is 74.1 cm³/mol. The Balaban J connectivity index is 2.33. The minimum atomic E-state index is -2.52. The molecule has 2 aromatic rings. The number of thioether (sulfide) groups is 1. The Morgan fingerprint density at radius 1 is 1.37 bits per heavy atom. The fourth-order valence-electron chi connectivity index (χ4n) is 1.37. The summed E-state index contributed by atoms with van der Waals surface area (Å²) in [6, 6.07) is 6.58. The van der Waals surface area contributed by atoms with Crippen molar-refractivity contribution in [2.45, 2.75) is 10.7 Å². The average Bonchev–Trinajstić information content (AvgIpc) is 2.36. The lowest BCUT2D eigenvalue weighted by atomic mass is 10.3. The van der Waals surface area contributed by atoms with Crippen LogP contribution in [0.3, 0.4) is 0 Å². The van der Waals surface area contributed by atoms with Gasteiger partial charge in [-0.25, -0.2) is 4.98 Å². The summed E-state index contributed by atoms with van der Waals surface area (Å²) in [5.74, 6) is -2.25. The van der Waals surface area contributed by atoms with Gasteiger partial charge in [-0.05, 0) is 28.1 Å². The summed E-state index contributed by atoms with van der Waals surface area (Å²) in [4.78, 5) is 18.1. The molecule has 0 radical (unpaired) electrons. The van der Waals surface area contributed by atoms with Crippen LogP contribution >= 0.6 is 27.7 Å². The van der Waals surface area contributed by atoms with Gasteiger partial charge in [0.2, 0.25) is 0 Å². The maximum Gasteiger partial charge on any atom is 0.288 e. The Kier molecular flexibility index (Phi) is 4.54. The quantitative estimate of drug-likeness (QED) is 0.829. The SMILES string of the molecule is O=c1[nH]cnc(Nc2ccccc2SC(F)F)c1Br. The lowest BCUT2D eigenvalue weighted by molar-refractivity contribution is 0.252. The van der Waals surface area contributed by atoms with E-state index >= 15 is 0 Å². The van der Waals surface area contributed by atoms with E-state index < -0.39 is 5.76 Å². The number of anilines is 2. The van der Waals surface area contributed by atoms with Crippen LogP contribution in [0.4, 0.5) is 20.3 Å². The van der Waals surface area contributed by atoms with Gasteiger partial charge in [-0.2, -0.15) is 8.78 Å². The van der Waals surface area contributed by atoms with Crippen LogP contribution in [0.2, 0.25) is 0 Å². The van der Waals surface area contributed by atoms with Crippen LogP contribution in [0.15, 0.2) is 44.8 Å². The van der Waals surface area contributed by atoms with Gasteiger partial charge in [0.25, 0.3) is 11.3 Å². The van der Waals surface area contributed by atoms with E-state index in [0.717, 1.165) is 0 Å². The van der Waals surface area contributed by atoms with Gasteiger partial charge in [-0.15, -0.1) is 0 Å². The minimum absolute atomic E-state index is 0.215. The molecule has 0 atom stereocenters. The van der Waals surface area contributed by atoms with Gasteiger partial charge in [0.1, 0.15) is 4.47 Å². The molecule has 0 aliphatic heterocycles. The molecule has 0 aliphatic rings. The van der Waals surface area contributed by atoms with Crippen molar-refractivity contribution in [3.05, 3.63) is 45.4 Å². The van der Waals surface area contributed by atoms with E-state index in [1.807, 2.05) is 0 Å². The molecule has 2 rings (SSSR count). The maximum atomic E-state index is 12.4. The largest absolute Gasteiger partial charge is 0.338 e. The van der Waals surface area contributed by atoms with Crippen LogP contribution in [0.1, 0.15) is 0 Å². The molecule has 1 aromatic carbocycles. The first kappa shape index (κ1) is 14.0. The number of hydrogen-bond acceptors (Lipinski definition) is 4. The number of nitrogens with one attached hydrogen (secondary N) is 2. The number of nitrogens with zero attached hydrogens (tertiary/aromatic N) is 1.